The number of hydrogen-bond acceptors (Lipinski definition) is 5. The van der Waals surface area contributed by atoms with E-state index in [1.165, 1.54) is 40.6 Å². The van der Waals surface area contributed by atoms with Gasteiger partial charge in [-0.15, -0.1) is 11.3 Å². The highest BCUT2D eigenvalue weighted by Gasteiger charge is 2.26. The molecule has 5 rings (SSSR count). The number of ketones is 1. The average Bonchev–Trinajstić information content (AvgIpc) is 3.40. The SMILES string of the molecule is CC(C)C(=O)c1cn(Cc2c(F)cccc2F)c2sc(-c3ccc(NC(=O)N(C)C)cc3)c(CN(C)Cc3ccccc3)c2c1=O. The van der Waals surface area contributed by atoms with E-state index in [0.29, 0.717) is 29.0 Å². The number of rotatable bonds is 10. The molecule has 0 atom stereocenters. The summed E-state index contributed by atoms with van der Waals surface area (Å²) in [5, 5.41) is 3.18. The molecule has 0 aliphatic carbocycles. The van der Waals surface area contributed by atoms with Crippen molar-refractivity contribution in [3.63, 3.8) is 0 Å². The summed E-state index contributed by atoms with van der Waals surface area (Å²) in [6.45, 7) is 4.20. The van der Waals surface area contributed by atoms with Crippen LogP contribution >= 0.6 is 11.3 Å². The molecule has 3 aromatic carbocycles. The Bertz CT molecular complexity index is 1930. The monoisotopic (exact) mass is 642 g/mol. The molecule has 0 unspecified atom stereocenters. The Balaban J connectivity index is 1.72. The van der Waals surface area contributed by atoms with Gasteiger partial charge >= 0.3 is 6.03 Å². The number of nitrogens with zero attached hydrogens (tertiary/aromatic N) is 3. The fourth-order valence-electron chi connectivity index (χ4n) is 5.30. The molecule has 5 aromatic rings. The summed E-state index contributed by atoms with van der Waals surface area (Å²) in [4.78, 5) is 44.6. The largest absolute Gasteiger partial charge is 0.334 e. The Morgan fingerprint density at radius 1 is 0.870 bits per heavy atom. The van der Waals surface area contributed by atoms with E-state index in [1.807, 2.05) is 49.5 Å². The zero-order valence-corrected chi connectivity index (χ0v) is 27.3. The van der Waals surface area contributed by atoms with Crippen LogP contribution in [0.25, 0.3) is 20.7 Å². The molecule has 2 heterocycles. The third-order valence-electron chi connectivity index (χ3n) is 7.71. The molecule has 0 bridgehead atoms. The van der Waals surface area contributed by atoms with Gasteiger partial charge in [0.25, 0.3) is 0 Å². The van der Waals surface area contributed by atoms with E-state index in [1.54, 1.807) is 44.6 Å². The van der Waals surface area contributed by atoms with Crippen LogP contribution in [0, 0.1) is 17.6 Å². The Morgan fingerprint density at radius 3 is 2.13 bits per heavy atom. The fraction of sp³-hybridized carbons (Fsp3) is 0.250. The summed E-state index contributed by atoms with van der Waals surface area (Å²) in [6.07, 6.45) is 1.44. The molecule has 1 N–H and O–H groups in total. The van der Waals surface area contributed by atoms with Gasteiger partial charge in [-0.1, -0.05) is 62.4 Å². The van der Waals surface area contributed by atoms with Crippen LogP contribution in [-0.2, 0) is 19.6 Å². The topological polar surface area (TPSA) is 74.7 Å². The molecule has 2 aromatic heterocycles. The lowest BCUT2D eigenvalue weighted by Crippen LogP contribution is -2.27. The van der Waals surface area contributed by atoms with Crippen LogP contribution in [0.3, 0.4) is 0 Å². The summed E-state index contributed by atoms with van der Waals surface area (Å²) >= 11 is 1.34. The number of pyridine rings is 1. The van der Waals surface area contributed by atoms with E-state index in [9.17, 15) is 23.2 Å². The predicted octanol–water partition coefficient (Wildman–Crippen LogP) is 7.62. The number of halogens is 2. The van der Waals surface area contributed by atoms with Crippen LogP contribution < -0.4 is 10.7 Å². The lowest BCUT2D eigenvalue weighted by molar-refractivity contribution is 0.0937. The second-order valence-electron chi connectivity index (χ2n) is 11.9. The normalized spacial score (nSPS) is 11.4. The van der Waals surface area contributed by atoms with Crippen molar-refractivity contribution in [2.24, 2.45) is 5.92 Å². The van der Waals surface area contributed by atoms with Crippen LogP contribution in [0.2, 0.25) is 0 Å². The van der Waals surface area contributed by atoms with Crippen molar-refractivity contribution in [1.82, 2.24) is 14.4 Å². The molecule has 0 aliphatic rings. The van der Waals surface area contributed by atoms with Gasteiger partial charge in [0, 0.05) is 55.4 Å². The number of amides is 2. The molecule has 238 valence electrons. The van der Waals surface area contributed by atoms with Crippen LogP contribution in [0.1, 0.15) is 40.9 Å². The minimum absolute atomic E-state index is 0.0164. The predicted molar refractivity (Wildman–Crippen MR) is 180 cm³/mol. The van der Waals surface area contributed by atoms with Crippen molar-refractivity contribution in [1.29, 1.82) is 0 Å². The third kappa shape index (κ3) is 6.93. The number of Topliss-reactive ketones (excluding diaryl/α,β-unsaturated/α-hetero) is 1. The zero-order valence-electron chi connectivity index (χ0n) is 26.4. The van der Waals surface area contributed by atoms with Crippen molar-refractivity contribution in [3.05, 3.63) is 123 Å². The van der Waals surface area contributed by atoms with Crippen molar-refractivity contribution in [3.8, 4) is 10.4 Å². The summed E-state index contributed by atoms with van der Waals surface area (Å²) in [7, 11) is 5.26. The van der Waals surface area contributed by atoms with Gasteiger partial charge in [-0.2, -0.15) is 0 Å². The highest BCUT2D eigenvalue weighted by atomic mass is 32.1. The second-order valence-corrected chi connectivity index (χ2v) is 12.9. The molecule has 0 spiro atoms. The van der Waals surface area contributed by atoms with E-state index in [-0.39, 0.29) is 29.5 Å². The van der Waals surface area contributed by atoms with E-state index >= 15 is 0 Å². The number of aromatic nitrogens is 1. The molecular weight excluding hydrogens is 606 g/mol. The molecule has 0 saturated heterocycles. The number of carbonyl (C=O) groups is 2. The number of carbonyl (C=O) groups excluding carboxylic acids is 2. The minimum atomic E-state index is -0.710. The number of nitrogens with one attached hydrogen (secondary N) is 1. The minimum Gasteiger partial charge on any atom is -0.334 e. The van der Waals surface area contributed by atoms with E-state index < -0.39 is 23.0 Å². The summed E-state index contributed by atoms with van der Waals surface area (Å²) in [6, 6.07) is 20.7. The number of benzene rings is 3. The molecule has 0 aliphatic heterocycles. The van der Waals surface area contributed by atoms with Gasteiger partial charge in [0.1, 0.15) is 16.5 Å². The molecule has 46 heavy (non-hydrogen) atoms. The Kier molecular flexibility index (Phi) is 9.79. The highest BCUT2D eigenvalue weighted by Crippen LogP contribution is 2.39. The number of hydrogen-bond donors (Lipinski definition) is 1. The van der Waals surface area contributed by atoms with Crippen LogP contribution in [0.5, 0.6) is 0 Å². The maximum atomic E-state index is 14.9. The van der Waals surface area contributed by atoms with Crippen molar-refractivity contribution in [2.45, 2.75) is 33.5 Å². The maximum Gasteiger partial charge on any atom is 0.321 e. The standard InChI is InChI=1S/C36H36F2N4O3S/c1-22(2)32(43)28-21-42(20-26-29(37)12-9-13-30(26)38)35-31(33(28)44)27(19-41(5)18-23-10-7-6-8-11-23)34(46-35)24-14-16-25(17-15-24)39-36(45)40(3)4/h6-17,21-22H,18-20H2,1-5H3,(H,39,45). The van der Waals surface area contributed by atoms with Gasteiger partial charge < -0.3 is 14.8 Å². The van der Waals surface area contributed by atoms with E-state index in [2.05, 4.69) is 10.2 Å². The van der Waals surface area contributed by atoms with Crippen molar-refractivity contribution >= 4 is 39.1 Å². The van der Waals surface area contributed by atoms with Crippen LogP contribution in [0.15, 0.2) is 83.8 Å². The van der Waals surface area contributed by atoms with E-state index in [4.69, 9.17) is 0 Å². The smallest absolute Gasteiger partial charge is 0.321 e. The zero-order chi connectivity index (χ0) is 33.1. The Labute approximate surface area is 270 Å². The number of urea groups is 1. The first-order valence-electron chi connectivity index (χ1n) is 14.9. The quantitative estimate of drug-likeness (QED) is 0.159. The van der Waals surface area contributed by atoms with Gasteiger partial charge in [0.15, 0.2) is 5.78 Å². The summed E-state index contributed by atoms with van der Waals surface area (Å²) in [5.41, 5.74) is 2.63. The molecule has 0 saturated carbocycles. The Morgan fingerprint density at radius 2 is 1.52 bits per heavy atom. The first-order chi connectivity index (χ1) is 21.9. The molecule has 0 fully saturated rings. The molecule has 2 amide bonds. The van der Waals surface area contributed by atoms with Crippen LogP contribution in [-0.4, -0.2) is 47.3 Å². The molecular formula is C36H36F2N4O3S. The number of fused-ring (bicyclic) bond motifs is 1. The third-order valence-corrected chi connectivity index (χ3v) is 9.03. The molecule has 0 radical (unpaired) electrons. The molecule has 10 heteroatoms. The van der Waals surface area contributed by atoms with Gasteiger partial charge in [-0.3, -0.25) is 14.5 Å². The van der Waals surface area contributed by atoms with Gasteiger partial charge in [0.05, 0.1) is 17.5 Å². The highest BCUT2D eigenvalue weighted by molar-refractivity contribution is 7.22. The number of anilines is 1. The van der Waals surface area contributed by atoms with Crippen molar-refractivity contribution in [2.75, 3.05) is 26.5 Å². The molecule has 7 nitrogen and oxygen atoms in total. The number of thiophene rings is 1. The van der Waals surface area contributed by atoms with Crippen LogP contribution in [0.4, 0.5) is 19.3 Å². The lowest BCUT2D eigenvalue weighted by atomic mass is 9.99. The first-order valence-corrected chi connectivity index (χ1v) is 15.7. The van der Waals surface area contributed by atoms with Gasteiger partial charge in [-0.05, 0) is 48.0 Å². The average molecular weight is 643 g/mol. The lowest BCUT2D eigenvalue weighted by Gasteiger charge is -2.18. The fourth-order valence-corrected chi connectivity index (χ4v) is 6.59. The second kappa shape index (κ2) is 13.8. The summed E-state index contributed by atoms with van der Waals surface area (Å²) in [5.74, 6) is -2.22. The maximum absolute atomic E-state index is 14.9. The van der Waals surface area contributed by atoms with E-state index in [0.717, 1.165) is 21.6 Å². The summed E-state index contributed by atoms with van der Waals surface area (Å²) < 4.78 is 31.4. The van der Waals surface area contributed by atoms with Crippen molar-refractivity contribution < 1.29 is 18.4 Å². The first kappa shape index (κ1) is 32.7. The Hall–Kier alpha value is -4.67. The van der Waals surface area contributed by atoms with Gasteiger partial charge in [0.2, 0.25) is 5.43 Å². The van der Waals surface area contributed by atoms with Gasteiger partial charge in [-0.25, -0.2) is 13.6 Å².